The molecular weight excluding hydrogens is 265 g/mol. The number of alkyl halides is 3. The molecule has 1 aromatic carbocycles. The molecule has 0 radical (unpaired) electrons. The summed E-state index contributed by atoms with van der Waals surface area (Å²) in [7, 11) is 0. The van der Waals surface area contributed by atoms with E-state index in [0.29, 0.717) is 12.5 Å². The number of halogens is 3. The molecule has 0 aliphatic carbocycles. The summed E-state index contributed by atoms with van der Waals surface area (Å²) in [5.74, 6) is -1.93. The molecule has 0 fully saturated rings. The van der Waals surface area contributed by atoms with Crippen LogP contribution in [-0.2, 0) is 16.1 Å². The Kier molecular flexibility index (Phi) is 4.54. The van der Waals surface area contributed by atoms with Crippen molar-refractivity contribution >= 4 is 5.97 Å². The molecule has 0 aliphatic heterocycles. The predicted octanol–water partition coefficient (Wildman–Crippen LogP) is 1.40. The van der Waals surface area contributed by atoms with Gasteiger partial charge in [-0.05, 0) is 12.5 Å². The average molecular weight is 278 g/mol. The minimum Gasteiger partial charge on any atom is -0.458 e. The lowest BCUT2D eigenvalue weighted by atomic mass is 9.97. The lowest BCUT2D eigenvalue weighted by Crippen LogP contribution is -2.60. The number of carbonyl (C=O) groups is 1. The third kappa shape index (κ3) is 3.24. The molecule has 0 saturated heterocycles. The van der Waals surface area contributed by atoms with Crippen LogP contribution >= 0.6 is 0 Å². The smallest absolute Gasteiger partial charge is 0.430 e. The molecule has 0 unspecified atom stereocenters. The van der Waals surface area contributed by atoms with Crippen LogP contribution in [-0.4, -0.2) is 34.1 Å². The third-order valence-electron chi connectivity index (χ3n) is 2.56. The zero-order valence-electron chi connectivity index (χ0n) is 10.0. The molecule has 1 rings (SSSR count). The molecule has 4 nitrogen and oxygen atoms in total. The molecule has 0 bridgehead atoms. The second-order valence-electron chi connectivity index (χ2n) is 4.00. The SMILES string of the molecule is C[C@H](O)[C@@](O)(C(=O)OCc1ccccc1)C(F)(F)F. The highest BCUT2D eigenvalue weighted by molar-refractivity contribution is 5.81. The van der Waals surface area contributed by atoms with E-state index in [2.05, 4.69) is 4.74 Å². The van der Waals surface area contributed by atoms with E-state index in [-0.39, 0.29) is 0 Å². The van der Waals surface area contributed by atoms with Crippen molar-refractivity contribution in [1.82, 2.24) is 0 Å². The van der Waals surface area contributed by atoms with Crippen molar-refractivity contribution in [2.75, 3.05) is 0 Å². The van der Waals surface area contributed by atoms with Crippen LogP contribution in [0.2, 0.25) is 0 Å². The van der Waals surface area contributed by atoms with Gasteiger partial charge in [0, 0.05) is 0 Å². The van der Waals surface area contributed by atoms with Crippen molar-refractivity contribution in [2.24, 2.45) is 0 Å². The number of aliphatic hydroxyl groups is 2. The first kappa shape index (κ1) is 15.5. The molecule has 0 amide bonds. The van der Waals surface area contributed by atoms with Gasteiger partial charge in [0.1, 0.15) is 12.7 Å². The van der Waals surface area contributed by atoms with Gasteiger partial charge in [0.15, 0.2) is 0 Å². The number of benzene rings is 1. The van der Waals surface area contributed by atoms with E-state index in [0.717, 1.165) is 0 Å². The summed E-state index contributed by atoms with van der Waals surface area (Å²) < 4.78 is 42.3. The minimum absolute atomic E-state index is 0.426. The van der Waals surface area contributed by atoms with Crippen LogP contribution in [0, 0.1) is 0 Å². The lowest BCUT2D eigenvalue weighted by Gasteiger charge is -2.30. The third-order valence-corrected chi connectivity index (χ3v) is 2.56. The molecule has 0 spiro atoms. The van der Waals surface area contributed by atoms with Gasteiger partial charge in [-0.3, -0.25) is 0 Å². The van der Waals surface area contributed by atoms with E-state index in [1.807, 2.05) is 0 Å². The van der Waals surface area contributed by atoms with Crippen molar-refractivity contribution in [1.29, 1.82) is 0 Å². The zero-order valence-corrected chi connectivity index (χ0v) is 10.0. The highest BCUT2D eigenvalue weighted by Gasteiger charge is 2.64. The maximum absolute atomic E-state index is 12.6. The molecule has 19 heavy (non-hydrogen) atoms. The molecule has 7 heteroatoms. The average Bonchev–Trinajstić information content (AvgIpc) is 2.34. The summed E-state index contributed by atoms with van der Waals surface area (Å²) in [6.07, 6.45) is -7.66. The molecule has 0 aromatic heterocycles. The lowest BCUT2D eigenvalue weighted by molar-refractivity contribution is -0.285. The van der Waals surface area contributed by atoms with Crippen LogP contribution in [0.25, 0.3) is 0 Å². The molecule has 106 valence electrons. The van der Waals surface area contributed by atoms with E-state index >= 15 is 0 Å². The van der Waals surface area contributed by atoms with Gasteiger partial charge in [0.25, 0.3) is 5.60 Å². The Hall–Kier alpha value is -1.60. The fourth-order valence-corrected chi connectivity index (χ4v) is 1.36. The normalized spacial score (nSPS) is 16.5. The Bertz CT molecular complexity index is 430. The molecule has 1 aromatic rings. The van der Waals surface area contributed by atoms with Gasteiger partial charge in [-0.25, -0.2) is 4.79 Å². The first-order valence-corrected chi connectivity index (χ1v) is 5.38. The maximum Gasteiger partial charge on any atom is 0.430 e. The van der Waals surface area contributed by atoms with Crippen LogP contribution in [0.3, 0.4) is 0 Å². The van der Waals surface area contributed by atoms with Gasteiger partial charge in [-0.1, -0.05) is 30.3 Å². The summed E-state index contributed by atoms with van der Waals surface area (Å²) in [6.45, 7) is 0.238. The Balaban J connectivity index is 2.80. The topological polar surface area (TPSA) is 66.8 Å². The van der Waals surface area contributed by atoms with E-state index in [4.69, 9.17) is 5.11 Å². The quantitative estimate of drug-likeness (QED) is 0.817. The van der Waals surface area contributed by atoms with Gasteiger partial charge in [-0.15, -0.1) is 0 Å². The van der Waals surface area contributed by atoms with Crippen LogP contribution < -0.4 is 0 Å². The molecule has 2 atom stereocenters. The van der Waals surface area contributed by atoms with E-state index in [1.165, 1.54) is 0 Å². The van der Waals surface area contributed by atoms with Crippen LogP contribution in [0.4, 0.5) is 13.2 Å². The molecule has 2 N–H and O–H groups in total. The largest absolute Gasteiger partial charge is 0.458 e. The predicted molar refractivity (Wildman–Crippen MR) is 58.9 cm³/mol. The second-order valence-corrected chi connectivity index (χ2v) is 4.00. The van der Waals surface area contributed by atoms with Crippen molar-refractivity contribution in [3.63, 3.8) is 0 Å². The van der Waals surface area contributed by atoms with Crippen molar-refractivity contribution < 1.29 is 32.9 Å². The summed E-state index contributed by atoms with van der Waals surface area (Å²) >= 11 is 0. The van der Waals surface area contributed by atoms with Gasteiger partial charge >= 0.3 is 12.1 Å². The van der Waals surface area contributed by atoms with Crippen molar-refractivity contribution in [3.05, 3.63) is 35.9 Å². The van der Waals surface area contributed by atoms with Gasteiger partial charge in [0.05, 0.1) is 0 Å². The highest BCUT2D eigenvalue weighted by atomic mass is 19.4. The first-order chi connectivity index (χ1) is 8.69. The molecule has 0 heterocycles. The summed E-state index contributed by atoms with van der Waals surface area (Å²) in [5, 5.41) is 18.3. The van der Waals surface area contributed by atoms with Gasteiger partial charge in [-0.2, -0.15) is 13.2 Å². The monoisotopic (exact) mass is 278 g/mol. The minimum atomic E-state index is -5.32. The van der Waals surface area contributed by atoms with Gasteiger partial charge in [0.2, 0.25) is 0 Å². The summed E-state index contributed by atoms with van der Waals surface area (Å²) in [4.78, 5) is 11.4. The number of ether oxygens (including phenoxy) is 1. The second kappa shape index (κ2) is 5.58. The number of hydrogen-bond acceptors (Lipinski definition) is 4. The Morgan fingerprint density at radius 2 is 1.84 bits per heavy atom. The number of hydrogen-bond donors (Lipinski definition) is 2. The van der Waals surface area contributed by atoms with E-state index in [9.17, 15) is 23.1 Å². The van der Waals surface area contributed by atoms with Crippen LogP contribution in [0.1, 0.15) is 12.5 Å². The molecule has 0 saturated carbocycles. The van der Waals surface area contributed by atoms with E-state index in [1.54, 1.807) is 30.3 Å². The number of esters is 1. The van der Waals surface area contributed by atoms with E-state index < -0.39 is 30.5 Å². The maximum atomic E-state index is 12.6. The highest BCUT2D eigenvalue weighted by Crippen LogP contribution is 2.34. The Labute approximate surface area is 107 Å². The first-order valence-electron chi connectivity index (χ1n) is 5.38. The summed E-state index contributed by atoms with van der Waals surface area (Å²) in [5.41, 5.74) is -3.46. The number of rotatable bonds is 4. The Morgan fingerprint density at radius 3 is 2.26 bits per heavy atom. The fraction of sp³-hybridized carbons (Fsp3) is 0.417. The number of carbonyl (C=O) groups excluding carboxylic acids is 1. The van der Waals surface area contributed by atoms with Gasteiger partial charge < -0.3 is 14.9 Å². The number of aliphatic hydroxyl groups excluding tert-OH is 1. The molecular formula is C12H13F3O4. The standard InChI is InChI=1S/C12H13F3O4/c1-8(16)11(18,12(13,14)15)10(17)19-7-9-5-3-2-4-6-9/h2-6,8,16,18H,7H2,1H3/t8-,11+/m0/s1. The van der Waals surface area contributed by atoms with Crippen LogP contribution in [0.15, 0.2) is 30.3 Å². The Morgan fingerprint density at radius 1 is 1.32 bits per heavy atom. The van der Waals surface area contributed by atoms with Crippen molar-refractivity contribution in [3.8, 4) is 0 Å². The summed E-state index contributed by atoms with van der Waals surface area (Å²) in [6, 6.07) is 8.01. The van der Waals surface area contributed by atoms with Crippen molar-refractivity contribution in [2.45, 2.75) is 31.4 Å². The fourth-order valence-electron chi connectivity index (χ4n) is 1.36. The van der Waals surface area contributed by atoms with Crippen LogP contribution in [0.5, 0.6) is 0 Å². The zero-order chi connectivity index (χ0) is 14.7. The molecule has 0 aliphatic rings.